The van der Waals surface area contributed by atoms with E-state index in [4.69, 9.17) is 23.2 Å². The smallest absolute Gasteiger partial charge is 0.310 e. The Hall–Kier alpha value is -2.31. The van der Waals surface area contributed by atoms with Gasteiger partial charge in [-0.25, -0.2) is 0 Å². The number of hydrogen-bond donors (Lipinski definition) is 2. The van der Waals surface area contributed by atoms with E-state index < -0.39 is 22.3 Å². The molecule has 0 atom stereocenters. The number of nitro groups is 1. The van der Waals surface area contributed by atoms with Crippen molar-refractivity contribution in [1.29, 1.82) is 0 Å². The van der Waals surface area contributed by atoms with Crippen molar-refractivity contribution in [3.05, 3.63) is 62.1 Å². The summed E-state index contributed by atoms with van der Waals surface area (Å²) in [5, 5.41) is 23.1. The largest absolute Gasteiger partial charge is 0.502 e. The molecule has 21 heavy (non-hydrogen) atoms. The summed E-state index contributed by atoms with van der Waals surface area (Å²) in [5.74, 6) is -1.20. The number of benzene rings is 2. The van der Waals surface area contributed by atoms with E-state index in [1.54, 1.807) is 18.2 Å². The van der Waals surface area contributed by atoms with Gasteiger partial charge in [0.25, 0.3) is 5.91 Å². The van der Waals surface area contributed by atoms with Crippen LogP contribution in [0.4, 0.5) is 11.4 Å². The molecule has 0 fully saturated rings. The lowest BCUT2D eigenvalue weighted by Crippen LogP contribution is -2.12. The van der Waals surface area contributed by atoms with Crippen molar-refractivity contribution >= 4 is 40.5 Å². The van der Waals surface area contributed by atoms with Gasteiger partial charge in [-0.1, -0.05) is 29.3 Å². The number of rotatable bonds is 3. The number of anilines is 1. The maximum absolute atomic E-state index is 12.0. The quantitative estimate of drug-likeness (QED) is 0.661. The molecular formula is C13H8Cl2N2O4. The van der Waals surface area contributed by atoms with Gasteiger partial charge in [0.2, 0.25) is 0 Å². The highest BCUT2D eigenvalue weighted by Crippen LogP contribution is 2.31. The number of phenolic OH excluding ortho intramolecular Hbond substituents is 1. The summed E-state index contributed by atoms with van der Waals surface area (Å²) in [6.45, 7) is 0. The van der Waals surface area contributed by atoms with E-state index in [9.17, 15) is 20.0 Å². The SMILES string of the molecule is O=C(Nc1c(Cl)cccc1Cl)c1ccc([N+](=O)[O-])c(O)c1. The van der Waals surface area contributed by atoms with Crippen LogP contribution in [0, 0.1) is 10.1 Å². The summed E-state index contributed by atoms with van der Waals surface area (Å²) in [6.07, 6.45) is 0. The van der Waals surface area contributed by atoms with Gasteiger partial charge in [0.1, 0.15) is 0 Å². The van der Waals surface area contributed by atoms with Crippen molar-refractivity contribution in [2.45, 2.75) is 0 Å². The molecule has 0 aliphatic heterocycles. The van der Waals surface area contributed by atoms with E-state index in [2.05, 4.69) is 5.32 Å². The Labute approximate surface area is 129 Å². The minimum atomic E-state index is -0.748. The molecule has 1 amide bonds. The molecule has 2 N–H and O–H groups in total. The van der Waals surface area contributed by atoms with Gasteiger partial charge in [0.15, 0.2) is 5.75 Å². The van der Waals surface area contributed by atoms with Crippen molar-refractivity contribution in [2.24, 2.45) is 0 Å². The molecule has 0 unspecified atom stereocenters. The third-order valence-electron chi connectivity index (χ3n) is 2.64. The van der Waals surface area contributed by atoms with E-state index in [-0.39, 0.29) is 21.3 Å². The average molecular weight is 327 g/mol. The number of para-hydroxylation sites is 1. The summed E-state index contributed by atoms with van der Waals surface area (Å²) >= 11 is 11.8. The van der Waals surface area contributed by atoms with Gasteiger partial charge in [0, 0.05) is 11.6 Å². The topological polar surface area (TPSA) is 92.5 Å². The number of nitrogens with zero attached hydrogens (tertiary/aromatic N) is 1. The summed E-state index contributed by atoms with van der Waals surface area (Å²) in [6, 6.07) is 7.99. The van der Waals surface area contributed by atoms with Gasteiger partial charge in [-0.3, -0.25) is 14.9 Å². The average Bonchev–Trinajstić information content (AvgIpc) is 2.42. The molecule has 0 saturated heterocycles. The fourth-order valence-electron chi connectivity index (χ4n) is 1.62. The number of carbonyl (C=O) groups is 1. The molecule has 108 valence electrons. The van der Waals surface area contributed by atoms with E-state index in [0.717, 1.165) is 12.1 Å². The molecule has 0 bridgehead atoms. The normalized spacial score (nSPS) is 10.2. The Bertz CT molecular complexity index is 714. The van der Waals surface area contributed by atoms with Crippen LogP contribution in [0.2, 0.25) is 10.0 Å². The highest BCUT2D eigenvalue weighted by molar-refractivity contribution is 6.40. The number of amides is 1. The van der Waals surface area contributed by atoms with Crippen LogP contribution in [0.15, 0.2) is 36.4 Å². The number of nitro benzene ring substituents is 1. The minimum Gasteiger partial charge on any atom is -0.502 e. The summed E-state index contributed by atoms with van der Waals surface area (Å²) < 4.78 is 0. The first kappa shape index (κ1) is 15.1. The first-order chi connectivity index (χ1) is 9.90. The molecule has 0 aliphatic rings. The second-order valence-electron chi connectivity index (χ2n) is 4.01. The summed E-state index contributed by atoms with van der Waals surface area (Å²) in [5.41, 5.74) is -0.222. The lowest BCUT2D eigenvalue weighted by molar-refractivity contribution is -0.385. The molecule has 2 aromatic rings. The van der Waals surface area contributed by atoms with Crippen molar-refractivity contribution in [3.63, 3.8) is 0 Å². The predicted molar refractivity (Wildman–Crippen MR) is 79.2 cm³/mol. The zero-order chi connectivity index (χ0) is 15.6. The highest BCUT2D eigenvalue weighted by atomic mass is 35.5. The van der Waals surface area contributed by atoms with Crippen LogP contribution in [0.5, 0.6) is 5.75 Å². The number of aromatic hydroxyl groups is 1. The highest BCUT2D eigenvalue weighted by Gasteiger charge is 2.17. The van der Waals surface area contributed by atoms with Crippen molar-refractivity contribution in [1.82, 2.24) is 0 Å². The first-order valence-corrected chi connectivity index (χ1v) is 6.38. The predicted octanol–water partition coefficient (Wildman–Crippen LogP) is 3.86. The Balaban J connectivity index is 2.29. The van der Waals surface area contributed by atoms with Gasteiger partial charge in [-0.15, -0.1) is 0 Å². The number of hydrogen-bond acceptors (Lipinski definition) is 4. The maximum Gasteiger partial charge on any atom is 0.310 e. The lowest BCUT2D eigenvalue weighted by Gasteiger charge is -2.09. The number of halogens is 2. The number of carbonyl (C=O) groups excluding carboxylic acids is 1. The van der Waals surface area contributed by atoms with Crippen LogP contribution in [0.25, 0.3) is 0 Å². The van der Waals surface area contributed by atoms with Gasteiger partial charge >= 0.3 is 5.69 Å². The van der Waals surface area contributed by atoms with Gasteiger partial charge in [0.05, 0.1) is 20.7 Å². The van der Waals surface area contributed by atoms with Crippen LogP contribution >= 0.6 is 23.2 Å². The number of nitrogens with one attached hydrogen (secondary N) is 1. The van der Waals surface area contributed by atoms with Crippen molar-refractivity contribution in [2.75, 3.05) is 5.32 Å². The zero-order valence-corrected chi connectivity index (χ0v) is 11.9. The van der Waals surface area contributed by atoms with Gasteiger partial charge in [-0.05, 0) is 24.3 Å². The fraction of sp³-hybridized carbons (Fsp3) is 0. The molecule has 2 rings (SSSR count). The first-order valence-electron chi connectivity index (χ1n) is 5.63. The lowest BCUT2D eigenvalue weighted by atomic mass is 10.1. The molecule has 0 aliphatic carbocycles. The second-order valence-corrected chi connectivity index (χ2v) is 4.83. The Kier molecular flexibility index (Phi) is 4.30. The Morgan fingerprint density at radius 1 is 1.19 bits per heavy atom. The molecule has 0 aromatic heterocycles. The molecule has 0 heterocycles. The molecule has 0 spiro atoms. The molecular weight excluding hydrogens is 319 g/mol. The van der Waals surface area contributed by atoms with Crippen molar-refractivity contribution in [3.8, 4) is 5.75 Å². The van der Waals surface area contributed by atoms with E-state index >= 15 is 0 Å². The monoisotopic (exact) mass is 326 g/mol. The third-order valence-corrected chi connectivity index (χ3v) is 3.27. The van der Waals surface area contributed by atoms with Crippen molar-refractivity contribution < 1.29 is 14.8 Å². The van der Waals surface area contributed by atoms with Gasteiger partial charge < -0.3 is 10.4 Å². The third kappa shape index (κ3) is 3.24. The summed E-state index contributed by atoms with van der Waals surface area (Å²) in [4.78, 5) is 21.9. The molecule has 2 aromatic carbocycles. The molecule has 0 radical (unpaired) electrons. The van der Waals surface area contributed by atoms with Gasteiger partial charge in [-0.2, -0.15) is 0 Å². The van der Waals surface area contributed by atoms with Crippen LogP contribution in [0.1, 0.15) is 10.4 Å². The minimum absolute atomic E-state index is 0.0362. The van der Waals surface area contributed by atoms with E-state index in [1.165, 1.54) is 6.07 Å². The summed E-state index contributed by atoms with van der Waals surface area (Å²) in [7, 11) is 0. The number of phenols is 1. The standard InChI is InChI=1S/C13H8Cl2N2O4/c14-8-2-1-3-9(15)12(8)16-13(19)7-4-5-10(17(20)21)11(18)6-7/h1-6,18H,(H,16,19). The fourth-order valence-corrected chi connectivity index (χ4v) is 2.11. The van der Waals surface area contributed by atoms with Crippen LogP contribution in [-0.2, 0) is 0 Å². The van der Waals surface area contributed by atoms with E-state index in [1.807, 2.05) is 0 Å². The van der Waals surface area contributed by atoms with E-state index in [0.29, 0.717) is 0 Å². The molecule has 0 saturated carbocycles. The molecule has 6 nitrogen and oxygen atoms in total. The molecule has 8 heteroatoms. The Morgan fingerprint density at radius 2 is 1.81 bits per heavy atom. The maximum atomic E-state index is 12.0. The van der Waals surface area contributed by atoms with Crippen LogP contribution in [-0.4, -0.2) is 15.9 Å². The Morgan fingerprint density at radius 3 is 2.33 bits per heavy atom. The van der Waals surface area contributed by atoms with Crippen LogP contribution in [0.3, 0.4) is 0 Å². The van der Waals surface area contributed by atoms with Crippen LogP contribution < -0.4 is 5.32 Å². The zero-order valence-electron chi connectivity index (χ0n) is 10.3. The second kappa shape index (κ2) is 5.99.